The molecule has 0 aliphatic carbocycles. The molecule has 0 fully saturated rings. The Bertz CT molecular complexity index is 414. The van der Waals surface area contributed by atoms with E-state index in [-0.39, 0.29) is 17.7 Å². The largest absolute Gasteiger partial charge is 0.481 e. The molecule has 0 spiro atoms. The van der Waals surface area contributed by atoms with Crippen LogP contribution in [0.2, 0.25) is 0 Å². The van der Waals surface area contributed by atoms with Crippen molar-refractivity contribution < 1.29 is 19.1 Å². The van der Waals surface area contributed by atoms with Crippen molar-refractivity contribution in [3.8, 4) is 11.8 Å². The van der Waals surface area contributed by atoms with Gasteiger partial charge in [0.05, 0.1) is 20.3 Å². The summed E-state index contributed by atoms with van der Waals surface area (Å²) in [5.74, 6) is 3.00. The number of methoxy groups -OCH3 is 2. The number of carbonyl (C=O) groups is 2. The number of carbonyl (C=O) groups excluding carboxylic acids is 2. The fraction of sp³-hybridized carbons (Fsp3) is 0.250. The second-order valence-corrected chi connectivity index (χ2v) is 2.70. The first-order valence-corrected chi connectivity index (χ1v) is 4.39. The molecule has 0 aromatic carbocycles. The predicted octanol–water partition coefficient (Wildman–Crippen LogP) is -1.58. The maximum Gasteiger partial charge on any atom is 0.323 e. The molecule has 0 aliphatic rings. The normalized spacial score (nSPS) is 9.35. The highest BCUT2D eigenvalue weighted by atomic mass is 16.5. The van der Waals surface area contributed by atoms with Gasteiger partial charge in [0.25, 0.3) is 0 Å². The zero-order valence-electron chi connectivity index (χ0n) is 9.18. The third kappa shape index (κ3) is 3.28. The average Bonchev–Trinajstić information content (AvgIpc) is 2.36. The first kappa shape index (κ1) is 12.6. The number of rotatable bonds is 3. The lowest BCUT2D eigenvalue weighted by molar-refractivity contribution is -0.136. The lowest BCUT2D eigenvalue weighted by Crippen LogP contribution is -2.39. The smallest absolute Gasteiger partial charge is 0.323 e. The van der Waals surface area contributed by atoms with E-state index in [1.807, 2.05) is 0 Å². The van der Waals surface area contributed by atoms with Crippen LogP contribution in [0.3, 0.4) is 0 Å². The van der Waals surface area contributed by atoms with Crippen molar-refractivity contribution in [1.29, 1.82) is 0 Å². The van der Waals surface area contributed by atoms with Gasteiger partial charge in [-0.3, -0.25) is 20.3 Å². The standard InChI is InChI=1S/C8H11N5O4/c1-16-4-3-5(17-2)11-8(10-4)12-6(14)7(15)13-9/h3H,9H2,1-2H3,(H,13,15)(H,10,11,12,14). The summed E-state index contributed by atoms with van der Waals surface area (Å²) in [5.41, 5.74) is 1.67. The summed E-state index contributed by atoms with van der Waals surface area (Å²) >= 11 is 0. The molecule has 92 valence electrons. The number of hydrogen-bond donors (Lipinski definition) is 3. The van der Waals surface area contributed by atoms with Crippen LogP contribution in [-0.2, 0) is 9.59 Å². The molecule has 1 aromatic heterocycles. The highest BCUT2D eigenvalue weighted by Gasteiger charge is 2.14. The van der Waals surface area contributed by atoms with Gasteiger partial charge < -0.3 is 9.47 Å². The third-order valence-electron chi connectivity index (χ3n) is 1.66. The number of hydrazine groups is 1. The van der Waals surface area contributed by atoms with Crippen LogP contribution in [0.5, 0.6) is 11.8 Å². The summed E-state index contributed by atoms with van der Waals surface area (Å²) in [6.07, 6.45) is 0. The first-order chi connectivity index (χ1) is 8.10. The highest BCUT2D eigenvalue weighted by molar-refractivity contribution is 6.39. The predicted molar refractivity (Wildman–Crippen MR) is 56.1 cm³/mol. The van der Waals surface area contributed by atoms with Crippen LogP contribution in [0.1, 0.15) is 0 Å². The van der Waals surface area contributed by atoms with Gasteiger partial charge in [0.15, 0.2) is 0 Å². The van der Waals surface area contributed by atoms with Crippen molar-refractivity contribution in [3.63, 3.8) is 0 Å². The zero-order valence-corrected chi connectivity index (χ0v) is 9.18. The Morgan fingerprint density at radius 2 is 1.71 bits per heavy atom. The van der Waals surface area contributed by atoms with Crippen molar-refractivity contribution in [2.24, 2.45) is 5.84 Å². The summed E-state index contributed by atoms with van der Waals surface area (Å²) in [7, 11) is 2.78. The van der Waals surface area contributed by atoms with Crippen LogP contribution >= 0.6 is 0 Å². The van der Waals surface area contributed by atoms with Gasteiger partial charge in [-0.15, -0.1) is 0 Å². The Labute approximate surface area is 96.3 Å². The Hall–Kier alpha value is -2.42. The van der Waals surface area contributed by atoms with Crippen LogP contribution in [0.15, 0.2) is 6.07 Å². The minimum atomic E-state index is -1.02. The summed E-state index contributed by atoms with van der Waals surface area (Å²) in [6, 6.07) is 1.42. The maximum absolute atomic E-state index is 11.2. The highest BCUT2D eigenvalue weighted by Crippen LogP contribution is 2.16. The molecule has 0 aliphatic heterocycles. The summed E-state index contributed by atoms with van der Waals surface area (Å²) in [4.78, 5) is 29.6. The van der Waals surface area contributed by atoms with E-state index in [0.29, 0.717) is 0 Å². The van der Waals surface area contributed by atoms with Crippen LogP contribution < -0.4 is 26.1 Å². The molecule has 0 saturated heterocycles. The molecular weight excluding hydrogens is 230 g/mol. The Morgan fingerprint density at radius 3 is 2.12 bits per heavy atom. The lowest BCUT2D eigenvalue weighted by Gasteiger charge is -2.06. The molecular formula is C8H11N5O4. The summed E-state index contributed by atoms with van der Waals surface area (Å²) in [6.45, 7) is 0. The van der Waals surface area contributed by atoms with Crippen molar-refractivity contribution in [2.75, 3.05) is 19.5 Å². The van der Waals surface area contributed by atoms with E-state index < -0.39 is 11.8 Å². The van der Waals surface area contributed by atoms with Crippen molar-refractivity contribution in [3.05, 3.63) is 6.07 Å². The Morgan fingerprint density at radius 1 is 1.18 bits per heavy atom. The quantitative estimate of drug-likeness (QED) is 0.252. The molecule has 2 amide bonds. The van der Waals surface area contributed by atoms with Gasteiger partial charge in [-0.05, 0) is 0 Å². The number of anilines is 1. The zero-order chi connectivity index (χ0) is 12.8. The average molecular weight is 241 g/mol. The number of ether oxygens (including phenoxy) is 2. The molecule has 9 heteroatoms. The molecule has 0 bridgehead atoms. The number of hydrogen-bond acceptors (Lipinski definition) is 7. The number of amides is 2. The molecule has 0 atom stereocenters. The second kappa shape index (κ2) is 5.61. The van der Waals surface area contributed by atoms with E-state index in [2.05, 4.69) is 15.3 Å². The number of aromatic nitrogens is 2. The van der Waals surface area contributed by atoms with Crippen LogP contribution in [0, 0.1) is 0 Å². The molecule has 1 aromatic rings. The SMILES string of the molecule is COc1cc(OC)nc(NC(=O)C(=O)NN)n1. The van der Waals surface area contributed by atoms with Crippen molar-refractivity contribution in [2.45, 2.75) is 0 Å². The molecule has 17 heavy (non-hydrogen) atoms. The molecule has 4 N–H and O–H groups in total. The van der Waals surface area contributed by atoms with E-state index in [4.69, 9.17) is 15.3 Å². The number of nitrogens with zero attached hydrogens (tertiary/aromatic N) is 2. The van der Waals surface area contributed by atoms with E-state index in [1.54, 1.807) is 5.43 Å². The molecule has 0 saturated carbocycles. The monoisotopic (exact) mass is 241 g/mol. The summed E-state index contributed by atoms with van der Waals surface area (Å²) < 4.78 is 9.72. The number of nitrogens with one attached hydrogen (secondary N) is 2. The van der Waals surface area contributed by atoms with Gasteiger partial charge in [-0.25, -0.2) is 5.84 Å². The van der Waals surface area contributed by atoms with Gasteiger partial charge >= 0.3 is 11.8 Å². The van der Waals surface area contributed by atoms with Crippen LogP contribution in [0.4, 0.5) is 5.95 Å². The van der Waals surface area contributed by atoms with E-state index in [9.17, 15) is 9.59 Å². The van der Waals surface area contributed by atoms with E-state index >= 15 is 0 Å². The fourth-order valence-corrected chi connectivity index (χ4v) is 0.893. The Kier molecular flexibility index (Phi) is 4.17. The van der Waals surface area contributed by atoms with Gasteiger partial charge in [0.1, 0.15) is 0 Å². The maximum atomic E-state index is 11.2. The second-order valence-electron chi connectivity index (χ2n) is 2.70. The van der Waals surface area contributed by atoms with Crippen molar-refractivity contribution in [1.82, 2.24) is 15.4 Å². The van der Waals surface area contributed by atoms with Gasteiger partial charge in [0, 0.05) is 0 Å². The van der Waals surface area contributed by atoms with Gasteiger partial charge in [-0.2, -0.15) is 9.97 Å². The fourth-order valence-electron chi connectivity index (χ4n) is 0.893. The Balaban J connectivity index is 2.90. The van der Waals surface area contributed by atoms with E-state index in [1.165, 1.54) is 20.3 Å². The lowest BCUT2D eigenvalue weighted by atomic mass is 10.5. The molecule has 0 radical (unpaired) electrons. The first-order valence-electron chi connectivity index (χ1n) is 4.39. The van der Waals surface area contributed by atoms with Crippen LogP contribution in [-0.4, -0.2) is 36.0 Å². The van der Waals surface area contributed by atoms with Gasteiger partial charge in [0.2, 0.25) is 17.7 Å². The molecule has 1 heterocycles. The van der Waals surface area contributed by atoms with Crippen LogP contribution in [0.25, 0.3) is 0 Å². The third-order valence-corrected chi connectivity index (χ3v) is 1.66. The van der Waals surface area contributed by atoms with Crippen molar-refractivity contribution >= 4 is 17.8 Å². The van der Waals surface area contributed by atoms with E-state index in [0.717, 1.165) is 0 Å². The number of nitrogens with two attached hydrogens (primary N) is 1. The molecule has 0 unspecified atom stereocenters. The minimum Gasteiger partial charge on any atom is -0.481 e. The summed E-state index contributed by atoms with van der Waals surface area (Å²) in [5, 5.41) is 2.13. The molecule has 1 rings (SSSR count). The molecule has 9 nitrogen and oxygen atoms in total. The van der Waals surface area contributed by atoms with Gasteiger partial charge in [-0.1, -0.05) is 0 Å². The topological polar surface area (TPSA) is 128 Å². The minimum absolute atomic E-state index is 0.130.